The minimum atomic E-state index is -4.10. The second-order valence-corrected chi connectivity index (χ2v) is 5.74. The fourth-order valence-corrected chi connectivity index (χ4v) is 2.81. The lowest BCUT2D eigenvalue weighted by Gasteiger charge is -2.01. The first-order valence-corrected chi connectivity index (χ1v) is 6.83. The first kappa shape index (κ1) is 13.0. The molecule has 1 N–H and O–H groups in total. The predicted molar refractivity (Wildman–Crippen MR) is 57.2 cm³/mol. The Hall–Kier alpha value is -1.08. The molecule has 0 atom stereocenters. The zero-order valence-electron chi connectivity index (χ0n) is 8.77. The average Bonchev–Trinajstić information content (AvgIpc) is 2.44. The van der Waals surface area contributed by atoms with E-state index in [0.717, 1.165) is 0 Å². The number of nitrogens with zero attached hydrogens (tertiary/aromatic N) is 2. The van der Waals surface area contributed by atoms with Gasteiger partial charge in [-0.2, -0.15) is 5.10 Å². The van der Waals surface area contributed by atoms with Crippen LogP contribution in [0.3, 0.4) is 0 Å². The summed E-state index contributed by atoms with van der Waals surface area (Å²) in [5.41, 5.74) is -0.212. The maximum Gasteiger partial charge on any atom is 0.357 e. The zero-order valence-corrected chi connectivity index (χ0v) is 10.3. The van der Waals surface area contributed by atoms with Gasteiger partial charge < -0.3 is 5.11 Å². The second-order valence-electron chi connectivity index (χ2n) is 3.24. The highest BCUT2D eigenvalue weighted by molar-refractivity contribution is 8.13. The first-order valence-electron chi connectivity index (χ1n) is 4.52. The number of hydrogen-bond acceptors (Lipinski definition) is 4. The van der Waals surface area contributed by atoms with Crippen LogP contribution in [0.15, 0.2) is 4.90 Å². The van der Waals surface area contributed by atoms with E-state index in [2.05, 4.69) is 5.10 Å². The van der Waals surface area contributed by atoms with Crippen molar-refractivity contribution in [1.82, 2.24) is 9.78 Å². The quantitative estimate of drug-likeness (QED) is 0.821. The van der Waals surface area contributed by atoms with Crippen LogP contribution in [0, 0.1) is 0 Å². The van der Waals surface area contributed by atoms with Gasteiger partial charge in [0.25, 0.3) is 9.05 Å². The molecular formula is C8H11ClN2O4S. The molecule has 0 radical (unpaired) electrons. The minimum absolute atomic E-state index is 0.315. The van der Waals surface area contributed by atoms with E-state index in [4.69, 9.17) is 15.8 Å². The van der Waals surface area contributed by atoms with Gasteiger partial charge in [-0.25, -0.2) is 13.2 Å². The number of carboxylic acids is 1. The molecule has 16 heavy (non-hydrogen) atoms. The summed E-state index contributed by atoms with van der Waals surface area (Å²) < 4.78 is 23.9. The Labute approximate surface area is 97.3 Å². The number of aryl methyl sites for hydroxylation is 1. The van der Waals surface area contributed by atoms with E-state index < -0.39 is 25.6 Å². The lowest BCUT2D eigenvalue weighted by atomic mass is 10.2. The SMILES string of the molecule is CCCc1c(S(=O)(=O)Cl)c(C(=O)O)nn1C. The van der Waals surface area contributed by atoms with Crippen LogP contribution in [0.4, 0.5) is 0 Å². The largest absolute Gasteiger partial charge is 0.476 e. The molecule has 0 aliphatic heterocycles. The molecule has 0 aliphatic carbocycles. The van der Waals surface area contributed by atoms with E-state index >= 15 is 0 Å². The molecule has 0 spiro atoms. The normalized spacial score (nSPS) is 11.7. The summed E-state index contributed by atoms with van der Waals surface area (Å²) in [5.74, 6) is -1.41. The summed E-state index contributed by atoms with van der Waals surface area (Å²) in [6.07, 6.45) is 1.07. The van der Waals surface area contributed by atoms with Crippen LogP contribution in [0.1, 0.15) is 29.5 Å². The fourth-order valence-electron chi connectivity index (χ4n) is 1.45. The van der Waals surface area contributed by atoms with Crippen molar-refractivity contribution in [2.24, 2.45) is 7.05 Å². The van der Waals surface area contributed by atoms with Gasteiger partial charge in [0, 0.05) is 17.7 Å². The van der Waals surface area contributed by atoms with Crippen molar-refractivity contribution in [3.05, 3.63) is 11.4 Å². The van der Waals surface area contributed by atoms with Gasteiger partial charge in [0.15, 0.2) is 5.69 Å². The lowest BCUT2D eigenvalue weighted by molar-refractivity contribution is 0.0685. The summed E-state index contributed by atoms with van der Waals surface area (Å²) in [7, 11) is 2.60. The topological polar surface area (TPSA) is 89.3 Å². The Morgan fingerprint density at radius 3 is 2.50 bits per heavy atom. The minimum Gasteiger partial charge on any atom is -0.476 e. The summed E-state index contributed by atoms with van der Waals surface area (Å²) in [5, 5.41) is 12.5. The summed E-state index contributed by atoms with van der Waals surface area (Å²) in [6.45, 7) is 1.85. The third-order valence-electron chi connectivity index (χ3n) is 2.05. The molecule has 6 nitrogen and oxygen atoms in total. The second kappa shape index (κ2) is 4.42. The van der Waals surface area contributed by atoms with E-state index in [-0.39, 0.29) is 0 Å². The molecule has 0 fully saturated rings. The molecule has 0 aromatic carbocycles. The maximum absolute atomic E-state index is 11.3. The third kappa shape index (κ3) is 2.35. The highest BCUT2D eigenvalue weighted by Gasteiger charge is 2.29. The first-order chi connectivity index (χ1) is 7.29. The van der Waals surface area contributed by atoms with Crippen LogP contribution in [0.5, 0.6) is 0 Å². The standard InChI is InChI=1S/C8H11ClN2O4S/c1-3-4-5-7(16(9,14)15)6(8(12)13)10-11(5)2/h3-4H2,1-2H3,(H,12,13). The molecule has 0 saturated carbocycles. The van der Waals surface area contributed by atoms with Crippen molar-refractivity contribution in [2.45, 2.75) is 24.7 Å². The predicted octanol–water partition coefficient (Wildman–Crippen LogP) is 0.998. The molecule has 1 aromatic heterocycles. The Morgan fingerprint density at radius 2 is 2.12 bits per heavy atom. The average molecular weight is 267 g/mol. The maximum atomic E-state index is 11.3. The summed E-state index contributed by atoms with van der Waals surface area (Å²) in [6, 6.07) is 0. The monoisotopic (exact) mass is 266 g/mol. The van der Waals surface area contributed by atoms with Gasteiger partial charge in [-0.3, -0.25) is 4.68 Å². The number of carboxylic acid groups (broad SMARTS) is 1. The van der Waals surface area contributed by atoms with Crippen molar-refractivity contribution >= 4 is 25.7 Å². The lowest BCUT2D eigenvalue weighted by Crippen LogP contribution is -2.05. The Balaban J connectivity index is 3.56. The Bertz CT molecular complexity index is 520. The molecule has 1 heterocycles. The van der Waals surface area contributed by atoms with Crippen molar-refractivity contribution in [3.63, 3.8) is 0 Å². The molecule has 1 rings (SSSR count). The van der Waals surface area contributed by atoms with E-state index in [1.807, 2.05) is 6.92 Å². The van der Waals surface area contributed by atoms with Gasteiger partial charge >= 0.3 is 5.97 Å². The number of rotatable bonds is 4. The van der Waals surface area contributed by atoms with E-state index in [1.165, 1.54) is 11.7 Å². The smallest absolute Gasteiger partial charge is 0.357 e. The van der Waals surface area contributed by atoms with Gasteiger partial charge in [0.1, 0.15) is 4.90 Å². The van der Waals surface area contributed by atoms with Gasteiger partial charge in [-0.05, 0) is 6.42 Å². The number of carbonyl (C=O) groups is 1. The fraction of sp³-hybridized carbons (Fsp3) is 0.500. The highest BCUT2D eigenvalue weighted by Crippen LogP contribution is 2.25. The van der Waals surface area contributed by atoms with Crippen LogP contribution in [-0.4, -0.2) is 29.3 Å². The summed E-state index contributed by atoms with van der Waals surface area (Å²) >= 11 is 0. The van der Waals surface area contributed by atoms with Crippen molar-refractivity contribution in [1.29, 1.82) is 0 Å². The van der Waals surface area contributed by atoms with E-state index in [1.54, 1.807) is 0 Å². The van der Waals surface area contributed by atoms with Crippen molar-refractivity contribution in [3.8, 4) is 0 Å². The molecular weight excluding hydrogens is 256 g/mol. The molecule has 90 valence electrons. The molecule has 0 aliphatic rings. The molecule has 0 unspecified atom stereocenters. The van der Waals surface area contributed by atoms with Crippen molar-refractivity contribution < 1.29 is 18.3 Å². The Morgan fingerprint density at radius 1 is 1.56 bits per heavy atom. The number of hydrogen-bond donors (Lipinski definition) is 1. The van der Waals surface area contributed by atoms with Crippen LogP contribution in [-0.2, 0) is 22.5 Å². The van der Waals surface area contributed by atoms with E-state index in [0.29, 0.717) is 18.5 Å². The molecule has 0 amide bonds. The van der Waals surface area contributed by atoms with Crippen molar-refractivity contribution in [2.75, 3.05) is 0 Å². The molecule has 8 heteroatoms. The third-order valence-corrected chi connectivity index (χ3v) is 3.43. The molecule has 1 aromatic rings. The van der Waals surface area contributed by atoms with Crippen LogP contribution in [0.25, 0.3) is 0 Å². The van der Waals surface area contributed by atoms with Gasteiger partial charge in [-0.15, -0.1) is 0 Å². The van der Waals surface area contributed by atoms with E-state index in [9.17, 15) is 13.2 Å². The number of aromatic nitrogens is 2. The highest BCUT2D eigenvalue weighted by atomic mass is 35.7. The number of halogens is 1. The van der Waals surface area contributed by atoms with Crippen LogP contribution >= 0.6 is 10.7 Å². The molecule has 0 bridgehead atoms. The van der Waals surface area contributed by atoms with Crippen LogP contribution < -0.4 is 0 Å². The Kier molecular flexibility index (Phi) is 3.59. The zero-order chi connectivity index (χ0) is 12.5. The number of aromatic carboxylic acids is 1. The van der Waals surface area contributed by atoms with Gasteiger partial charge in [0.2, 0.25) is 0 Å². The molecule has 0 saturated heterocycles. The summed E-state index contributed by atoms with van der Waals surface area (Å²) in [4.78, 5) is 10.4. The van der Waals surface area contributed by atoms with Gasteiger partial charge in [0.05, 0.1) is 5.69 Å². The van der Waals surface area contributed by atoms with Crippen LogP contribution in [0.2, 0.25) is 0 Å². The van der Waals surface area contributed by atoms with Gasteiger partial charge in [-0.1, -0.05) is 13.3 Å².